The fourth-order valence-electron chi connectivity index (χ4n) is 4.12. The summed E-state index contributed by atoms with van der Waals surface area (Å²) in [5, 5.41) is 0. The van der Waals surface area contributed by atoms with Crippen LogP contribution in [0.3, 0.4) is 0 Å². The number of hydrogen-bond acceptors (Lipinski definition) is 2. The lowest BCUT2D eigenvalue weighted by molar-refractivity contribution is 0.349. The second-order valence-electron chi connectivity index (χ2n) is 6.50. The highest BCUT2D eigenvalue weighted by atomic mass is 32.2. The molecule has 2 heteroatoms. The van der Waals surface area contributed by atoms with E-state index >= 15 is 0 Å². The molecule has 1 heterocycles. The van der Waals surface area contributed by atoms with Gasteiger partial charge in [-0.1, -0.05) is 36.8 Å². The van der Waals surface area contributed by atoms with Crippen LogP contribution in [0.2, 0.25) is 0 Å². The van der Waals surface area contributed by atoms with Crippen molar-refractivity contribution in [3.05, 3.63) is 59.7 Å². The molecule has 2 unspecified atom stereocenters. The van der Waals surface area contributed by atoms with Crippen molar-refractivity contribution in [2.75, 3.05) is 6.26 Å². The molecule has 2 aromatic carbocycles. The highest BCUT2D eigenvalue weighted by Crippen LogP contribution is 2.50. The Labute approximate surface area is 136 Å². The van der Waals surface area contributed by atoms with E-state index in [1.54, 1.807) is 0 Å². The number of benzene rings is 2. The van der Waals surface area contributed by atoms with E-state index in [1.807, 2.05) is 11.8 Å². The molecule has 0 aromatic heterocycles. The summed E-state index contributed by atoms with van der Waals surface area (Å²) < 4.78 is 0. The third kappa shape index (κ3) is 2.30. The van der Waals surface area contributed by atoms with E-state index in [2.05, 4.69) is 61.0 Å². The lowest BCUT2D eigenvalue weighted by Gasteiger charge is -2.37. The quantitative estimate of drug-likeness (QED) is 0.646. The second-order valence-corrected chi connectivity index (χ2v) is 7.38. The van der Waals surface area contributed by atoms with Crippen LogP contribution in [0.1, 0.15) is 42.7 Å². The van der Waals surface area contributed by atoms with Crippen LogP contribution in [-0.4, -0.2) is 12.5 Å². The second kappa shape index (κ2) is 5.58. The zero-order valence-electron chi connectivity index (χ0n) is 13.0. The first kappa shape index (κ1) is 14.1. The van der Waals surface area contributed by atoms with E-state index in [9.17, 15) is 0 Å². The Hall–Kier alpha value is -1.54. The predicted octanol–water partition coefficient (Wildman–Crippen LogP) is 5.72. The Balaban J connectivity index is 1.67. The number of aliphatic imine (C=N–C) groups is 1. The van der Waals surface area contributed by atoms with Crippen LogP contribution in [0.15, 0.2) is 58.4 Å². The SMILES string of the molecule is CSc1cccc(C2CCCC3(C=Nc4ccccc43)C2)c1. The number of nitrogens with zero attached hydrogens (tertiary/aromatic N) is 1. The van der Waals surface area contributed by atoms with Gasteiger partial charge in [0.2, 0.25) is 0 Å². The van der Waals surface area contributed by atoms with Gasteiger partial charge in [0.1, 0.15) is 0 Å². The lowest BCUT2D eigenvalue weighted by Crippen LogP contribution is -2.31. The summed E-state index contributed by atoms with van der Waals surface area (Å²) in [6.07, 6.45) is 9.42. The summed E-state index contributed by atoms with van der Waals surface area (Å²) in [5.74, 6) is 0.651. The van der Waals surface area contributed by atoms with Crippen molar-refractivity contribution in [2.45, 2.75) is 41.9 Å². The standard InChI is InChI=1S/C20H21NS/c1-22-17-8-4-6-15(12-17)16-7-5-11-20(13-16)14-21-19-10-3-2-9-18(19)20/h2-4,6,8-10,12,14,16H,5,7,11,13H2,1H3. The average Bonchev–Trinajstić information content (AvgIpc) is 2.94. The maximum absolute atomic E-state index is 4.71. The Bertz CT molecular complexity index is 721. The van der Waals surface area contributed by atoms with Crippen molar-refractivity contribution >= 4 is 23.7 Å². The van der Waals surface area contributed by atoms with Gasteiger partial charge in [-0.15, -0.1) is 11.8 Å². The molecule has 2 aliphatic rings. The van der Waals surface area contributed by atoms with E-state index < -0.39 is 0 Å². The monoisotopic (exact) mass is 307 g/mol. The fourth-order valence-corrected chi connectivity index (χ4v) is 4.59. The minimum Gasteiger partial charge on any atom is -0.260 e. The summed E-state index contributed by atoms with van der Waals surface area (Å²) in [5.41, 5.74) is 4.31. The lowest BCUT2D eigenvalue weighted by atomic mass is 9.66. The topological polar surface area (TPSA) is 12.4 Å². The van der Waals surface area contributed by atoms with Crippen molar-refractivity contribution in [3.8, 4) is 0 Å². The van der Waals surface area contributed by atoms with E-state index in [0.717, 1.165) is 0 Å². The molecular weight excluding hydrogens is 286 g/mol. The van der Waals surface area contributed by atoms with Gasteiger partial charge in [0.05, 0.1) is 5.69 Å². The van der Waals surface area contributed by atoms with Gasteiger partial charge >= 0.3 is 0 Å². The molecule has 1 spiro atoms. The zero-order valence-corrected chi connectivity index (χ0v) is 13.8. The molecule has 112 valence electrons. The summed E-state index contributed by atoms with van der Waals surface area (Å²) in [6.45, 7) is 0. The Morgan fingerprint density at radius 1 is 1.14 bits per heavy atom. The first-order valence-corrected chi connectivity index (χ1v) is 9.32. The van der Waals surface area contributed by atoms with Crippen molar-refractivity contribution < 1.29 is 0 Å². The normalized spacial score (nSPS) is 26.3. The summed E-state index contributed by atoms with van der Waals surface area (Å²) >= 11 is 1.83. The molecule has 2 atom stereocenters. The van der Waals surface area contributed by atoms with Crippen molar-refractivity contribution in [1.82, 2.24) is 0 Å². The van der Waals surface area contributed by atoms with Gasteiger partial charge in [-0.25, -0.2) is 0 Å². The number of fused-ring (bicyclic) bond motifs is 2. The van der Waals surface area contributed by atoms with Crippen molar-refractivity contribution in [3.63, 3.8) is 0 Å². The van der Waals surface area contributed by atoms with Crippen molar-refractivity contribution in [1.29, 1.82) is 0 Å². The predicted molar refractivity (Wildman–Crippen MR) is 95.7 cm³/mol. The Morgan fingerprint density at radius 2 is 2.05 bits per heavy atom. The van der Waals surface area contributed by atoms with Crippen LogP contribution < -0.4 is 0 Å². The molecule has 4 rings (SSSR count). The van der Waals surface area contributed by atoms with Gasteiger partial charge in [-0.05, 0) is 60.8 Å². The minimum atomic E-state index is 0.175. The van der Waals surface area contributed by atoms with Crippen LogP contribution in [-0.2, 0) is 5.41 Å². The van der Waals surface area contributed by atoms with Gasteiger partial charge in [0.25, 0.3) is 0 Å². The van der Waals surface area contributed by atoms with Gasteiger partial charge in [-0.2, -0.15) is 0 Å². The van der Waals surface area contributed by atoms with E-state index in [-0.39, 0.29) is 5.41 Å². The van der Waals surface area contributed by atoms with Crippen molar-refractivity contribution in [2.24, 2.45) is 4.99 Å². The number of rotatable bonds is 2. The maximum Gasteiger partial charge on any atom is 0.0667 e. The molecule has 1 saturated carbocycles. The Kier molecular flexibility index (Phi) is 3.57. The highest BCUT2D eigenvalue weighted by Gasteiger charge is 2.40. The molecule has 1 nitrogen and oxygen atoms in total. The molecular formula is C20H21NS. The molecule has 0 bridgehead atoms. The van der Waals surface area contributed by atoms with E-state index in [1.165, 1.54) is 47.4 Å². The van der Waals surface area contributed by atoms with Gasteiger partial charge in [0.15, 0.2) is 0 Å². The molecule has 1 fully saturated rings. The number of para-hydroxylation sites is 1. The first-order valence-electron chi connectivity index (χ1n) is 8.09. The fraction of sp³-hybridized carbons (Fsp3) is 0.350. The summed E-state index contributed by atoms with van der Waals surface area (Å²) in [4.78, 5) is 6.08. The molecule has 0 saturated heterocycles. The van der Waals surface area contributed by atoms with Crippen LogP contribution in [0.5, 0.6) is 0 Å². The molecule has 2 aromatic rings. The molecule has 0 amide bonds. The molecule has 22 heavy (non-hydrogen) atoms. The summed E-state index contributed by atoms with van der Waals surface area (Å²) in [7, 11) is 0. The van der Waals surface area contributed by atoms with Crippen LogP contribution in [0.4, 0.5) is 5.69 Å². The average molecular weight is 307 g/mol. The maximum atomic E-state index is 4.71. The van der Waals surface area contributed by atoms with Crippen LogP contribution in [0, 0.1) is 0 Å². The van der Waals surface area contributed by atoms with Gasteiger partial charge in [-0.3, -0.25) is 4.99 Å². The third-order valence-corrected chi connectivity index (χ3v) is 5.97. The zero-order chi connectivity index (χ0) is 15.0. The minimum absolute atomic E-state index is 0.175. The van der Waals surface area contributed by atoms with E-state index in [4.69, 9.17) is 4.99 Å². The van der Waals surface area contributed by atoms with E-state index in [0.29, 0.717) is 5.92 Å². The molecule has 0 N–H and O–H groups in total. The number of thioether (sulfide) groups is 1. The highest BCUT2D eigenvalue weighted by molar-refractivity contribution is 7.98. The van der Waals surface area contributed by atoms with Crippen LogP contribution in [0.25, 0.3) is 0 Å². The number of hydrogen-bond donors (Lipinski definition) is 0. The largest absolute Gasteiger partial charge is 0.260 e. The molecule has 0 radical (unpaired) electrons. The molecule has 1 aliphatic carbocycles. The smallest absolute Gasteiger partial charge is 0.0667 e. The van der Waals surface area contributed by atoms with Gasteiger partial charge in [0, 0.05) is 16.5 Å². The van der Waals surface area contributed by atoms with Crippen LogP contribution >= 0.6 is 11.8 Å². The third-order valence-electron chi connectivity index (χ3n) is 5.24. The Morgan fingerprint density at radius 3 is 2.95 bits per heavy atom. The first-order chi connectivity index (χ1) is 10.8. The van der Waals surface area contributed by atoms with Gasteiger partial charge < -0.3 is 0 Å². The summed E-state index contributed by atoms with van der Waals surface area (Å²) in [6, 6.07) is 17.8. The molecule has 1 aliphatic heterocycles.